The molecule has 0 spiro atoms. The minimum atomic E-state index is -0.273. The summed E-state index contributed by atoms with van der Waals surface area (Å²) in [5, 5.41) is 6.97. The van der Waals surface area contributed by atoms with Crippen LogP contribution in [0.4, 0.5) is 0 Å². The fourth-order valence-electron chi connectivity index (χ4n) is 3.12. The summed E-state index contributed by atoms with van der Waals surface area (Å²) in [6.07, 6.45) is 0. The van der Waals surface area contributed by atoms with Gasteiger partial charge in [0.25, 0.3) is 5.91 Å². The molecule has 1 heterocycles. The number of nitrogens with zero attached hydrogens (tertiary/aromatic N) is 1. The Kier molecular flexibility index (Phi) is 6.37. The van der Waals surface area contributed by atoms with Crippen LogP contribution in [0.25, 0.3) is 0 Å². The van der Waals surface area contributed by atoms with E-state index < -0.39 is 0 Å². The van der Waals surface area contributed by atoms with E-state index in [-0.39, 0.29) is 24.2 Å². The van der Waals surface area contributed by atoms with Crippen LogP contribution < -0.4 is 10.1 Å². The molecule has 3 rings (SSSR count). The number of hydrogen-bond acceptors (Lipinski definition) is 4. The Morgan fingerprint density at radius 2 is 1.76 bits per heavy atom. The summed E-state index contributed by atoms with van der Waals surface area (Å²) in [6.45, 7) is 10.3. The van der Waals surface area contributed by atoms with E-state index in [0.717, 1.165) is 16.9 Å². The van der Waals surface area contributed by atoms with Crippen molar-refractivity contribution in [2.45, 2.75) is 53.2 Å². The molecule has 5 nitrogen and oxygen atoms in total. The monoisotopic (exact) mass is 392 g/mol. The number of carbonyl (C=O) groups is 1. The van der Waals surface area contributed by atoms with Crippen molar-refractivity contribution in [3.8, 4) is 5.75 Å². The molecular formula is C24H28N2O3. The van der Waals surface area contributed by atoms with Crippen molar-refractivity contribution in [3.05, 3.63) is 82.2 Å². The van der Waals surface area contributed by atoms with Crippen molar-refractivity contribution >= 4 is 5.91 Å². The van der Waals surface area contributed by atoms with Gasteiger partial charge in [0, 0.05) is 0 Å². The van der Waals surface area contributed by atoms with Gasteiger partial charge in [0.05, 0.1) is 11.6 Å². The smallest absolute Gasteiger partial charge is 0.274 e. The average Bonchev–Trinajstić information content (AvgIpc) is 3.07. The number of nitrogens with one attached hydrogen (secondary N) is 1. The van der Waals surface area contributed by atoms with Crippen LogP contribution in [0, 0.1) is 13.8 Å². The zero-order chi connectivity index (χ0) is 21.0. The number of benzene rings is 2. The summed E-state index contributed by atoms with van der Waals surface area (Å²) >= 11 is 0. The molecule has 29 heavy (non-hydrogen) atoms. The molecule has 152 valence electrons. The summed E-state index contributed by atoms with van der Waals surface area (Å²) < 4.78 is 11.1. The minimum Gasteiger partial charge on any atom is -0.489 e. The molecule has 0 aliphatic rings. The predicted octanol–water partition coefficient (Wildman–Crippen LogP) is 5.48. The second-order valence-electron chi connectivity index (χ2n) is 7.69. The number of hydrogen-bond donors (Lipinski definition) is 1. The fraction of sp³-hybridized carbons (Fsp3) is 0.333. The van der Waals surface area contributed by atoms with Crippen LogP contribution in [0.1, 0.15) is 71.2 Å². The normalized spacial score (nSPS) is 12.1. The molecule has 3 aromatic rings. The molecule has 1 aromatic heterocycles. The van der Waals surface area contributed by atoms with Crippen LogP contribution in [0.15, 0.2) is 53.1 Å². The molecule has 1 unspecified atom stereocenters. The highest BCUT2D eigenvalue weighted by atomic mass is 16.5. The summed E-state index contributed by atoms with van der Waals surface area (Å²) in [7, 11) is 0. The lowest BCUT2D eigenvalue weighted by Gasteiger charge is -2.15. The Morgan fingerprint density at radius 3 is 2.41 bits per heavy atom. The predicted molar refractivity (Wildman–Crippen MR) is 113 cm³/mol. The summed E-state index contributed by atoms with van der Waals surface area (Å²) in [4.78, 5) is 12.8. The summed E-state index contributed by atoms with van der Waals surface area (Å²) in [5.41, 5.74) is 4.35. The Balaban J connectivity index is 1.69. The van der Waals surface area contributed by atoms with Crippen LogP contribution in [-0.2, 0) is 6.61 Å². The Hall–Kier alpha value is -3.08. The fourth-order valence-corrected chi connectivity index (χ4v) is 3.12. The van der Waals surface area contributed by atoms with Crippen molar-refractivity contribution in [3.63, 3.8) is 0 Å². The molecule has 0 fully saturated rings. The van der Waals surface area contributed by atoms with E-state index in [2.05, 4.69) is 48.6 Å². The third-order valence-corrected chi connectivity index (χ3v) is 5.02. The molecule has 0 bridgehead atoms. The van der Waals surface area contributed by atoms with Gasteiger partial charge in [-0.25, -0.2) is 0 Å². The van der Waals surface area contributed by atoms with Gasteiger partial charge in [-0.15, -0.1) is 0 Å². The van der Waals surface area contributed by atoms with Gasteiger partial charge in [0.15, 0.2) is 5.69 Å². The van der Waals surface area contributed by atoms with Gasteiger partial charge in [0.1, 0.15) is 18.1 Å². The highest BCUT2D eigenvalue weighted by Crippen LogP contribution is 2.21. The van der Waals surface area contributed by atoms with E-state index in [1.54, 1.807) is 6.92 Å². The van der Waals surface area contributed by atoms with Crippen LogP contribution in [-0.4, -0.2) is 11.1 Å². The molecule has 2 aromatic carbocycles. The SMILES string of the molecule is Cc1cccc(OCc2c(C(=O)NC(C)c3ccc(C(C)C)cc3)noc2C)c1. The van der Waals surface area contributed by atoms with E-state index in [9.17, 15) is 4.79 Å². The standard InChI is InChI=1S/C24H28N2O3/c1-15(2)19-9-11-20(12-10-19)17(4)25-24(27)23-22(18(5)29-26-23)14-28-21-8-6-7-16(3)13-21/h6-13,15,17H,14H2,1-5H3,(H,25,27). The maximum Gasteiger partial charge on any atom is 0.274 e. The molecule has 1 N–H and O–H groups in total. The average molecular weight is 392 g/mol. The third kappa shape index (κ3) is 5.05. The van der Waals surface area contributed by atoms with Gasteiger partial charge in [-0.05, 0) is 55.5 Å². The van der Waals surface area contributed by atoms with Gasteiger partial charge in [-0.1, -0.05) is 55.4 Å². The maximum absolute atomic E-state index is 12.8. The zero-order valence-corrected chi connectivity index (χ0v) is 17.7. The first kappa shape index (κ1) is 20.6. The minimum absolute atomic E-state index is 0.147. The van der Waals surface area contributed by atoms with Crippen molar-refractivity contribution in [2.75, 3.05) is 0 Å². The molecule has 0 saturated carbocycles. The number of amides is 1. The second-order valence-corrected chi connectivity index (χ2v) is 7.69. The lowest BCUT2D eigenvalue weighted by molar-refractivity contribution is 0.0928. The van der Waals surface area contributed by atoms with Crippen LogP contribution in [0.5, 0.6) is 5.75 Å². The van der Waals surface area contributed by atoms with Crippen LogP contribution in [0.2, 0.25) is 0 Å². The maximum atomic E-state index is 12.8. The number of rotatable bonds is 7. The van der Waals surface area contributed by atoms with Gasteiger partial charge < -0.3 is 14.6 Å². The van der Waals surface area contributed by atoms with Crippen LogP contribution in [0.3, 0.4) is 0 Å². The molecule has 0 saturated heterocycles. The second kappa shape index (κ2) is 8.95. The zero-order valence-electron chi connectivity index (χ0n) is 17.7. The highest BCUT2D eigenvalue weighted by molar-refractivity contribution is 5.94. The molecule has 5 heteroatoms. The van der Waals surface area contributed by atoms with E-state index in [4.69, 9.17) is 9.26 Å². The lowest BCUT2D eigenvalue weighted by Crippen LogP contribution is -2.28. The topological polar surface area (TPSA) is 64.4 Å². The highest BCUT2D eigenvalue weighted by Gasteiger charge is 2.22. The first-order valence-corrected chi connectivity index (χ1v) is 9.90. The van der Waals surface area contributed by atoms with E-state index in [0.29, 0.717) is 17.2 Å². The Bertz CT molecular complexity index is 974. The van der Waals surface area contributed by atoms with Crippen molar-refractivity contribution in [2.24, 2.45) is 0 Å². The van der Waals surface area contributed by atoms with E-state index in [1.807, 2.05) is 38.1 Å². The summed E-state index contributed by atoms with van der Waals surface area (Å²) in [6, 6.07) is 15.9. The quantitative estimate of drug-likeness (QED) is 0.578. The van der Waals surface area contributed by atoms with E-state index in [1.165, 1.54) is 5.56 Å². The first-order chi connectivity index (χ1) is 13.8. The number of carbonyl (C=O) groups excluding carboxylic acids is 1. The van der Waals surface area contributed by atoms with Crippen molar-refractivity contribution in [1.29, 1.82) is 0 Å². The lowest BCUT2D eigenvalue weighted by atomic mass is 9.99. The number of aryl methyl sites for hydroxylation is 2. The molecule has 0 aliphatic heterocycles. The van der Waals surface area contributed by atoms with Crippen molar-refractivity contribution < 1.29 is 14.1 Å². The van der Waals surface area contributed by atoms with Gasteiger partial charge >= 0.3 is 0 Å². The van der Waals surface area contributed by atoms with E-state index >= 15 is 0 Å². The largest absolute Gasteiger partial charge is 0.489 e. The number of aromatic nitrogens is 1. The molecule has 0 radical (unpaired) electrons. The Labute approximate surface area is 172 Å². The third-order valence-electron chi connectivity index (χ3n) is 5.02. The Morgan fingerprint density at radius 1 is 1.07 bits per heavy atom. The molecule has 0 aliphatic carbocycles. The first-order valence-electron chi connectivity index (χ1n) is 9.90. The molecule has 1 amide bonds. The molecular weight excluding hydrogens is 364 g/mol. The van der Waals surface area contributed by atoms with Gasteiger partial charge in [0.2, 0.25) is 0 Å². The van der Waals surface area contributed by atoms with Crippen molar-refractivity contribution in [1.82, 2.24) is 10.5 Å². The number of ether oxygens (including phenoxy) is 1. The van der Waals surface area contributed by atoms with Gasteiger partial charge in [-0.3, -0.25) is 4.79 Å². The van der Waals surface area contributed by atoms with Crippen LogP contribution >= 0.6 is 0 Å². The molecule has 1 atom stereocenters. The van der Waals surface area contributed by atoms with Gasteiger partial charge in [-0.2, -0.15) is 0 Å². The summed E-state index contributed by atoms with van der Waals surface area (Å²) in [5.74, 6) is 1.53.